The smallest absolute Gasteiger partial charge is 0.214 e. The quantitative estimate of drug-likeness (QED) is 0.159. The van der Waals surface area contributed by atoms with Gasteiger partial charge >= 0.3 is 94.7 Å². The molecular weight excluding hydrogens is 704 g/mol. The second kappa shape index (κ2) is 27.6. The molecule has 0 heterocycles. The van der Waals surface area contributed by atoms with Crippen LogP contribution in [0.25, 0.3) is 17.2 Å². The summed E-state index contributed by atoms with van der Waals surface area (Å²) in [6.45, 7) is 8.06. The van der Waals surface area contributed by atoms with Crippen molar-refractivity contribution in [2.45, 2.75) is 74.3 Å². The molecule has 0 aromatic heterocycles. The van der Waals surface area contributed by atoms with Crippen molar-refractivity contribution >= 4 is 14.3 Å². The molecule has 14 heteroatoms. The topological polar surface area (TPSA) is 71.4 Å². The Morgan fingerprint density at radius 1 is 0.588 bits per heavy atom. The number of hydrogen-bond donors (Lipinski definition) is 0. The van der Waals surface area contributed by atoms with E-state index in [-0.39, 0.29) is 25.8 Å². The molecule has 0 aliphatic rings. The van der Waals surface area contributed by atoms with Gasteiger partial charge in [0.05, 0.1) is 0 Å². The van der Waals surface area contributed by atoms with Gasteiger partial charge in [0.2, 0.25) is 0 Å². The molecular formula is C20H35F9GeHfN3. The van der Waals surface area contributed by atoms with E-state index in [0.717, 1.165) is 38.5 Å². The fourth-order valence-corrected chi connectivity index (χ4v) is 3.36. The van der Waals surface area contributed by atoms with Crippen LogP contribution in [0.4, 0.5) is 39.5 Å². The monoisotopic (exact) mass is 742 g/mol. The molecule has 0 aliphatic carbocycles. The van der Waals surface area contributed by atoms with E-state index in [0.29, 0.717) is 19.6 Å². The summed E-state index contributed by atoms with van der Waals surface area (Å²) in [6, 6.07) is 10.0. The first-order valence-electron chi connectivity index (χ1n) is 10.3. The molecule has 0 saturated carbocycles. The summed E-state index contributed by atoms with van der Waals surface area (Å²) in [4.78, 5) is 0. The van der Waals surface area contributed by atoms with Crippen LogP contribution in [-0.2, 0) is 25.8 Å². The Balaban J connectivity index is -0.000000112. The minimum Gasteiger partial charge on any atom is -0.214 e. The average molecular weight is 740 g/mol. The summed E-state index contributed by atoms with van der Waals surface area (Å²) >= 11 is -7.10. The predicted molar refractivity (Wildman–Crippen MR) is 118 cm³/mol. The Labute approximate surface area is 220 Å². The first kappa shape index (κ1) is 44.0. The third kappa shape index (κ3) is 36.6. The second-order valence-corrected chi connectivity index (χ2v) is 11.3. The van der Waals surface area contributed by atoms with E-state index in [1.807, 2.05) is 30.3 Å². The molecule has 0 bridgehead atoms. The van der Waals surface area contributed by atoms with E-state index in [2.05, 4.69) is 20.8 Å². The van der Waals surface area contributed by atoms with Crippen LogP contribution in [0.15, 0.2) is 30.3 Å². The SMILES string of the molecule is CCCC[NH-].CCCC[NH-].CCCC[NH-].F[C](F)(F)[Ge]([C](F)(F)F)[C](F)(F)F.[Hf+4].c1cc[cH-]c1. The molecule has 0 spiro atoms. The van der Waals surface area contributed by atoms with Crippen molar-refractivity contribution in [2.24, 2.45) is 0 Å². The minimum atomic E-state index is -7.10. The fourth-order valence-electron chi connectivity index (χ4n) is 1.33. The Morgan fingerprint density at radius 2 is 0.824 bits per heavy atom. The average Bonchev–Trinajstić information content (AvgIpc) is 3.21. The van der Waals surface area contributed by atoms with Gasteiger partial charge < -0.3 is 17.2 Å². The molecule has 0 saturated heterocycles. The number of nitrogens with one attached hydrogen (secondary N) is 3. The van der Waals surface area contributed by atoms with Gasteiger partial charge in [-0.05, 0) is 0 Å². The molecule has 1 aromatic rings. The van der Waals surface area contributed by atoms with Gasteiger partial charge in [-0.3, -0.25) is 0 Å². The molecule has 0 aliphatic heterocycles. The number of rotatable bonds is 6. The molecule has 0 amide bonds. The molecule has 34 heavy (non-hydrogen) atoms. The molecule has 3 N–H and O–H groups in total. The minimum absolute atomic E-state index is 0. The van der Waals surface area contributed by atoms with Crippen molar-refractivity contribution in [1.82, 2.24) is 0 Å². The van der Waals surface area contributed by atoms with Gasteiger partial charge in [0.15, 0.2) is 0 Å². The first-order valence-corrected chi connectivity index (χ1v) is 13.4. The summed E-state index contributed by atoms with van der Waals surface area (Å²) in [5, 5.41) is -18.6. The van der Waals surface area contributed by atoms with E-state index in [1.54, 1.807) is 0 Å². The molecule has 0 atom stereocenters. The fraction of sp³-hybridized carbons (Fsp3) is 0.750. The van der Waals surface area contributed by atoms with E-state index in [9.17, 15) is 39.5 Å². The van der Waals surface area contributed by atoms with Crippen LogP contribution >= 0.6 is 0 Å². The van der Waals surface area contributed by atoms with Crippen molar-refractivity contribution in [2.75, 3.05) is 19.6 Å². The van der Waals surface area contributed by atoms with Gasteiger partial charge in [0.25, 0.3) is 0 Å². The largest absolute Gasteiger partial charge is 4.00 e. The zero-order valence-electron chi connectivity index (χ0n) is 19.7. The van der Waals surface area contributed by atoms with Crippen molar-refractivity contribution in [3.05, 3.63) is 47.5 Å². The van der Waals surface area contributed by atoms with Crippen LogP contribution in [0.2, 0.25) is 0 Å². The van der Waals surface area contributed by atoms with Crippen LogP contribution in [0.3, 0.4) is 0 Å². The summed E-state index contributed by atoms with van der Waals surface area (Å²) in [5.74, 6) is 0. The molecule has 1 radical (unpaired) electrons. The van der Waals surface area contributed by atoms with Crippen molar-refractivity contribution < 1.29 is 65.4 Å². The van der Waals surface area contributed by atoms with E-state index in [1.165, 1.54) is 0 Å². The molecule has 201 valence electrons. The first-order chi connectivity index (χ1) is 15.1. The number of hydrogen-bond acceptors (Lipinski definition) is 0. The van der Waals surface area contributed by atoms with Gasteiger partial charge in [0.1, 0.15) is 0 Å². The summed E-state index contributed by atoms with van der Waals surface area (Å²) in [5.41, 5.74) is 19.8. The molecule has 1 rings (SSSR count). The van der Waals surface area contributed by atoms with Gasteiger partial charge in [-0.1, -0.05) is 59.3 Å². The number of unbranched alkanes of at least 4 members (excludes halogenated alkanes) is 3. The van der Waals surface area contributed by atoms with Crippen LogP contribution in [0.5, 0.6) is 0 Å². The Kier molecular flexibility index (Phi) is 35.7. The second-order valence-electron chi connectivity index (χ2n) is 6.14. The van der Waals surface area contributed by atoms with E-state index < -0.39 is 29.4 Å². The summed E-state index contributed by atoms with van der Waals surface area (Å²) in [7, 11) is 0. The van der Waals surface area contributed by atoms with Crippen LogP contribution < -0.4 is 0 Å². The van der Waals surface area contributed by atoms with Crippen molar-refractivity contribution in [3.8, 4) is 0 Å². The predicted octanol–water partition coefficient (Wildman–Crippen LogP) is 9.70. The summed E-state index contributed by atoms with van der Waals surface area (Å²) < 4.78 is 102. The maximum absolute atomic E-state index is 11.3. The number of halogens is 9. The van der Waals surface area contributed by atoms with Gasteiger partial charge in [-0.15, -0.1) is 0 Å². The van der Waals surface area contributed by atoms with Crippen LogP contribution in [0, 0.1) is 0 Å². The Bertz CT molecular complexity index is 399. The zero-order valence-corrected chi connectivity index (χ0v) is 25.3. The summed E-state index contributed by atoms with van der Waals surface area (Å²) in [6.07, 6.45) is 6.64. The van der Waals surface area contributed by atoms with Gasteiger partial charge in [0, 0.05) is 0 Å². The van der Waals surface area contributed by atoms with Crippen molar-refractivity contribution in [1.29, 1.82) is 0 Å². The van der Waals surface area contributed by atoms with E-state index in [4.69, 9.17) is 17.2 Å². The van der Waals surface area contributed by atoms with E-state index >= 15 is 0 Å². The Hall–Kier alpha value is 0.0130. The molecule has 3 nitrogen and oxygen atoms in total. The normalized spacial score (nSPS) is 10.7. The zero-order chi connectivity index (χ0) is 27.0. The number of alkyl halides is 9. The third-order valence-corrected chi connectivity index (χ3v) is 6.57. The maximum atomic E-state index is 11.3. The van der Waals surface area contributed by atoms with Gasteiger partial charge in [-0.2, -0.15) is 37.8 Å². The van der Waals surface area contributed by atoms with Crippen LogP contribution in [-0.4, -0.2) is 49.0 Å². The molecule has 0 fully saturated rings. The maximum Gasteiger partial charge on any atom is 4.00 e. The molecule has 0 unspecified atom stereocenters. The third-order valence-electron chi connectivity index (χ3n) is 3.00. The van der Waals surface area contributed by atoms with Crippen molar-refractivity contribution in [3.63, 3.8) is 0 Å². The Morgan fingerprint density at radius 3 is 0.853 bits per heavy atom. The van der Waals surface area contributed by atoms with Crippen LogP contribution in [0.1, 0.15) is 59.3 Å². The standard InChI is InChI=1S/C5H5.3C4H10N.C3F9Ge.Hf/c1-2-4-5-3-1;3*1-2-3-4-5;4-1(5,6)13(2(7,8)9)3(10,11)12;/h1-5H;3*5H,2-4H2,1H3;;/q4*-1;;+4. The molecule has 1 aromatic carbocycles. The van der Waals surface area contributed by atoms with Gasteiger partial charge in [-0.25, -0.2) is 12.1 Å².